The van der Waals surface area contributed by atoms with Crippen molar-refractivity contribution in [2.24, 2.45) is 16.8 Å². The van der Waals surface area contributed by atoms with Gasteiger partial charge in [-0.25, -0.2) is 8.42 Å². The number of sulfone groups is 1. The molecule has 1 amide bonds. The van der Waals surface area contributed by atoms with E-state index in [4.69, 9.17) is 0 Å². The standard InChI is InChI=1S/C16H24N2O3S2/c1-2-3-15(19)17-16-18(12-7-10-4-5-11(12)6-10)13-8-23(20,21)9-14(13)22-16/h10-14H,2-9H2,1H3/t10-,11-,12-,13+,14+/m1/s1. The summed E-state index contributed by atoms with van der Waals surface area (Å²) in [4.78, 5) is 18.7. The van der Waals surface area contributed by atoms with Crippen LogP contribution in [0.5, 0.6) is 0 Å². The highest BCUT2D eigenvalue weighted by Gasteiger charge is 2.54. The number of amidine groups is 1. The lowest BCUT2D eigenvalue weighted by molar-refractivity contribution is -0.117. The third kappa shape index (κ3) is 2.84. The Labute approximate surface area is 142 Å². The van der Waals surface area contributed by atoms with Gasteiger partial charge in [0.05, 0.1) is 17.5 Å². The van der Waals surface area contributed by atoms with Gasteiger partial charge < -0.3 is 4.90 Å². The molecule has 128 valence electrons. The van der Waals surface area contributed by atoms with Gasteiger partial charge in [-0.15, -0.1) is 0 Å². The van der Waals surface area contributed by atoms with Crippen LogP contribution in [0.1, 0.15) is 45.4 Å². The molecule has 0 aromatic heterocycles. The van der Waals surface area contributed by atoms with Crippen molar-refractivity contribution in [3.63, 3.8) is 0 Å². The average Bonchev–Trinajstić information content (AvgIpc) is 3.18. The minimum Gasteiger partial charge on any atom is -0.343 e. The topological polar surface area (TPSA) is 66.8 Å². The fourth-order valence-corrected chi connectivity index (χ4v) is 8.90. The predicted molar refractivity (Wildman–Crippen MR) is 92.2 cm³/mol. The number of nitrogens with zero attached hydrogens (tertiary/aromatic N) is 2. The van der Waals surface area contributed by atoms with Gasteiger partial charge in [-0.05, 0) is 37.5 Å². The van der Waals surface area contributed by atoms with E-state index in [9.17, 15) is 13.2 Å². The number of fused-ring (bicyclic) bond motifs is 3. The van der Waals surface area contributed by atoms with Crippen molar-refractivity contribution >= 4 is 32.7 Å². The van der Waals surface area contributed by atoms with Gasteiger partial charge in [0.15, 0.2) is 15.0 Å². The molecule has 0 aromatic carbocycles. The lowest BCUT2D eigenvalue weighted by atomic mass is 9.93. The van der Waals surface area contributed by atoms with Crippen molar-refractivity contribution in [2.75, 3.05) is 11.5 Å². The van der Waals surface area contributed by atoms with Gasteiger partial charge in [0, 0.05) is 17.7 Å². The van der Waals surface area contributed by atoms with Gasteiger partial charge in [-0.1, -0.05) is 25.1 Å². The van der Waals surface area contributed by atoms with Crippen molar-refractivity contribution in [1.29, 1.82) is 0 Å². The summed E-state index contributed by atoms with van der Waals surface area (Å²) in [6.45, 7) is 1.98. The summed E-state index contributed by atoms with van der Waals surface area (Å²) in [6, 6.07) is 0.431. The number of thioether (sulfide) groups is 1. The summed E-state index contributed by atoms with van der Waals surface area (Å²) in [5, 5.41) is 0.873. The van der Waals surface area contributed by atoms with Gasteiger partial charge in [0.2, 0.25) is 5.91 Å². The molecule has 5 atom stereocenters. The van der Waals surface area contributed by atoms with Crippen molar-refractivity contribution in [1.82, 2.24) is 4.90 Å². The molecule has 2 bridgehead atoms. The van der Waals surface area contributed by atoms with E-state index < -0.39 is 9.84 Å². The third-order valence-electron chi connectivity index (χ3n) is 5.85. The van der Waals surface area contributed by atoms with Gasteiger partial charge in [0.25, 0.3) is 0 Å². The number of carbonyl (C=O) groups excluding carboxylic acids is 1. The fraction of sp³-hybridized carbons (Fsp3) is 0.875. The molecule has 2 aliphatic heterocycles. The van der Waals surface area contributed by atoms with Crippen molar-refractivity contribution in [2.45, 2.75) is 62.8 Å². The Hall–Kier alpha value is -0.560. The van der Waals surface area contributed by atoms with E-state index in [-0.39, 0.29) is 28.7 Å². The minimum absolute atomic E-state index is 0.0301. The molecule has 7 heteroatoms. The first kappa shape index (κ1) is 15.9. The normalized spacial score (nSPS) is 42.6. The van der Waals surface area contributed by atoms with E-state index in [1.54, 1.807) is 0 Å². The molecule has 2 aliphatic carbocycles. The fourth-order valence-electron chi connectivity index (χ4n) is 4.91. The second-order valence-corrected chi connectivity index (χ2v) is 10.8. The Morgan fingerprint density at radius 3 is 2.74 bits per heavy atom. The van der Waals surface area contributed by atoms with Crippen molar-refractivity contribution < 1.29 is 13.2 Å². The largest absolute Gasteiger partial charge is 0.343 e. The zero-order valence-electron chi connectivity index (χ0n) is 13.5. The molecular weight excluding hydrogens is 332 g/mol. The van der Waals surface area contributed by atoms with E-state index in [0.29, 0.717) is 18.4 Å². The number of hydrogen-bond acceptors (Lipinski definition) is 4. The molecule has 0 aromatic rings. The number of amides is 1. The van der Waals surface area contributed by atoms with Gasteiger partial charge in [0.1, 0.15) is 0 Å². The molecule has 2 saturated carbocycles. The number of aliphatic imine (C=N–C) groups is 1. The zero-order chi connectivity index (χ0) is 16.2. The SMILES string of the molecule is CCCC(=O)N=C1S[C@H]2CS(=O)(=O)C[C@@H]2N1[C@@H]1C[C@@H]2CC[C@@H]1C2. The van der Waals surface area contributed by atoms with Crippen LogP contribution in [0.4, 0.5) is 0 Å². The molecule has 0 radical (unpaired) electrons. The second kappa shape index (κ2) is 5.76. The summed E-state index contributed by atoms with van der Waals surface area (Å²) in [7, 11) is -2.95. The van der Waals surface area contributed by atoms with Gasteiger partial charge >= 0.3 is 0 Å². The van der Waals surface area contributed by atoms with Crippen LogP contribution in [-0.4, -0.2) is 53.2 Å². The first-order valence-corrected chi connectivity index (χ1v) is 11.4. The molecular formula is C16H24N2O3S2. The highest BCUT2D eigenvalue weighted by molar-refractivity contribution is 8.15. The first-order chi connectivity index (χ1) is 11.0. The summed E-state index contributed by atoms with van der Waals surface area (Å²) in [6.07, 6.45) is 6.26. The molecule has 2 heterocycles. The highest BCUT2D eigenvalue weighted by atomic mass is 32.2. The number of carbonyl (C=O) groups is 1. The lowest BCUT2D eigenvalue weighted by Gasteiger charge is -2.36. The smallest absolute Gasteiger partial charge is 0.248 e. The Balaban J connectivity index is 1.63. The van der Waals surface area contributed by atoms with Crippen molar-refractivity contribution in [3.05, 3.63) is 0 Å². The van der Waals surface area contributed by atoms with E-state index >= 15 is 0 Å². The molecule has 4 rings (SSSR count). The average molecular weight is 357 g/mol. The molecule has 5 nitrogen and oxygen atoms in total. The Bertz CT molecular complexity index is 646. The van der Waals surface area contributed by atoms with Crippen LogP contribution in [0.2, 0.25) is 0 Å². The summed E-state index contributed by atoms with van der Waals surface area (Å²) in [5.74, 6) is 1.86. The van der Waals surface area contributed by atoms with Crippen LogP contribution in [0, 0.1) is 11.8 Å². The maximum atomic E-state index is 12.0. The molecule has 2 saturated heterocycles. The number of hydrogen-bond donors (Lipinski definition) is 0. The molecule has 0 N–H and O–H groups in total. The summed E-state index contributed by atoms with van der Waals surface area (Å²) >= 11 is 1.54. The number of rotatable bonds is 3. The molecule has 0 unspecified atom stereocenters. The lowest BCUT2D eigenvalue weighted by Crippen LogP contribution is -2.47. The van der Waals surface area contributed by atoms with E-state index in [1.165, 1.54) is 31.0 Å². The van der Waals surface area contributed by atoms with Crippen LogP contribution >= 0.6 is 11.8 Å². The molecule has 23 heavy (non-hydrogen) atoms. The second-order valence-electron chi connectivity index (χ2n) is 7.49. The van der Waals surface area contributed by atoms with E-state index in [2.05, 4.69) is 9.89 Å². The molecule has 4 aliphatic rings. The monoisotopic (exact) mass is 356 g/mol. The van der Waals surface area contributed by atoms with Crippen LogP contribution < -0.4 is 0 Å². The van der Waals surface area contributed by atoms with E-state index in [1.807, 2.05) is 6.92 Å². The highest BCUT2D eigenvalue weighted by Crippen LogP contribution is 2.51. The third-order valence-corrected chi connectivity index (χ3v) is 9.07. The van der Waals surface area contributed by atoms with Crippen LogP contribution in [-0.2, 0) is 14.6 Å². The van der Waals surface area contributed by atoms with Crippen molar-refractivity contribution in [3.8, 4) is 0 Å². The van der Waals surface area contributed by atoms with Crippen LogP contribution in [0.25, 0.3) is 0 Å². The quantitative estimate of drug-likeness (QED) is 0.774. The van der Waals surface area contributed by atoms with Crippen LogP contribution in [0.15, 0.2) is 4.99 Å². The molecule has 0 spiro atoms. The Kier molecular flexibility index (Phi) is 3.99. The van der Waals surface area contributed by atoms with E-state index in [0.717, 1.165) is 23.9 Å². The van der Waals surface area contributed by atoms with Crippen LogP contribution in [0.3, 0.4) is 0 Å². The minimum atomic E-state index is -2.95. The summed E-state index contributed by atoms with van der Waals surface area (Å²) < 4.78 is 24.1. The van der Waals surface area contributed by atoms with Gasteiger partial charge in [-0.3, -0.25) is 4.79 Å². The molecule has 4 fully saturated rings. The predicted octanol–water partition coefficient (Wildman–Crippen LogP) is 2.07. The Morgan fingerprint density at radius 2 is 2.09 bits per heavy atom. The maximum absolute atomic E-state index is 12.0. The summed E-state index contributed by atoms with van der Waals surface area (Å²) in [5.41, 5.74) is 0. The van der Waals surface area contributed by atoms with Gasteiger partial charge in [-0.2, -0.15) is 4.99 Å². The zero-order valence-corrected chi connectivity index (χ0v) is 15.1. The first-order valence-electron chi connectivity index (χ1n) is 8.74. The maximum Gasteiger partial charge on any atom is 0.248 e. The Morgan fingerprint density at radius 1 is 1.26 bits per heavy atom.